The Hall–Kier alpha value is -3.28. The molecule has 0 aliphatic rings. The first kappa shape index (κ1) is 18.1. The summed E-state index contributed by atoms with van der Waals surface area (Å²) in [6, 6.07) is 7.65. The van der Waals surface area contributed by atoms with Crippen LogP contribution in [0.5, 0.6) is 0 Å². The number of benzene rings is 1. The zero-order chi connectivity index (χ0) is 18.6. The SMILES string of the molecule is Cc1nn(CC(=O)N(CCC#N)c2ccccc2F)c(C)c1[N+](=O)[O-]. The Kier molecular flexibility index (Phi) is 5.44. The van der Waals surface area contributed by atoms with Crippen molar-refractivity contribution in [3.8, 4) is 6.07 Å². The third-order valence-corrected chi connectivity index (χ3v) is 3.70. The van der Waals surface area contributed by atoms with Crippen LogP contribution < -0.4 is 4.90 Å². The molecule has 25 heavy (non-hydrogen) atoms. The van der Waals surface area contributed by atoms with Crippen LogP contribution in [0.3, 0.4) is 0 Å². The standard InChI is InChI=1S/C16H16FN5O3/c1-11-16(22(24)25)12(2)21(19-11)10-15(23)20(9-5-8-18)14-7-4-3-6-13(14)17/h3-4,6-7H,5,9-10H2,1-2H3. The van der Waals surface area contributed by atoms with Crippen molar-refractivity contribution < 1.29 is 14.1 Å². The summed E-state index contributed by atoms with van der Waals surface area (Å²) in [6.07, 6.45) is 0.0251. The molecule has 1 heterocycles. The molecule has 130 valence electrons. The van der Waals surface area contributed by atoms with Crippen molar-refractivity contribution in [2.45, 2.75) is 26.8 Å². The molecule has 2 rings (SSSR count). The third-order valence-electron chi connectivity index (χ3n) is 3.70. The highest BCUT2D eigenvalue weighted by atomic mass is 19.1. The Labute approximate surface area is 143 Å². The van der Waals surface area contributed by atoms with Crippen molar-refractivity contribution in [3.63, 3.8) is 0 Å². The van der Waals surface area contributed by atoms with Crippen LogP contribution in [0.25, 0.3) is 0 Å². The monoisotopic (exact) mass is 345 g/mol. The zero-order valence-electron chi connectivity index (χ0n) is 13.8. The number of aromatic nitrogens is 2. The molecule has 8 nitrogen and oxygen atoms in total. The lowest BCUT2D eigenvalue weighted by atomic mass is 10.2. The summed E-state index contributed by atoms with van der Waals surface area (Å²) in [5.74, 6) is -1.10. The highest BCUT2D eigenvalue weighted by Gasteiger charge is 2.25. The lowest BCUT2D eigenvalue weighted by Gasteiger charge is -2.22. The van der Waals surface area contributed by atoms with Crippen LogP contribution >= 0.6 is 0 Å². The van der Waals surface area contributed by atoms with Gasteiger partial charge in [0.25, 0.3) is 0 Å². The Morgan fingerprint density at radius 2 is 2.12 bits per heavy atom. The molecule has 1 aromatic carbocycles. The maximum absolute atomic E-state index is 14.0. The van der Waals surface area contributed by atoms with E-state index in [-0.39, 0.29) is 42.3 Å². The highest BCUT2D eigenvalue weighted by Crippen LogP contribution is 2.23. The van der Waals surface area contributed by atoms with E-state index >= 15 is 0 Å². The summed E-state index contributed by atoms with van der Waals surface area (Å²) < 4.78 is 15.2. The van der Waals surface area contributed by atoms with Gasteiger partial charge in [0.15, 0.2) is 0 Å². The molecule has 0 spiro atoms. The second-order valence-corrected chi connectivity index (χ2v) is 5.34. The van der Waals surface area contributed by atoms with Gasteiger partial charge in [0.05, 0.1) is 23.1 Å². The quantitative estimate of drug-likeness (QED) is 0.591. The van der Waals surface area contributed by atoms with Crippen LogP contribution in [-0.2, 0) is 11.3 Å². The van der Waals surface area contributed by atoms with Gasteiger partial charge in [0, 0.05) is 6.54 Å². The summed E-state index contributed by atoms with van der Waals surface area (Å²) in [6.45, 7) is 2.70. The second-order valence-electron chi connectivity index (χ2n) is 5.34. The maximum atomic E-state index is 14.0. The lowest BCUT2D eigenvalue weighted by Crippen LogP contribution is -2.35. The first-order valence-corrected chi connectivity index (χ1v) is 7.47. The Bertz CT molecular complexity index is 856. The van der Waals surface area contributed by atoms with Crippen LogP contribution in [-0.4, -0.2) is 27.2 Å². The average molecular weight is 345 g/mol. The predicted molar refractivity (Wildman–Crippen MR) is 87.3 cm³/mol. The topological polar surface area (TPSA) is 105 Å². The number of amides is 1. The largest absolute Gasteiger partial charge is 0.312 e. The van der Waals surface area contributed by atoms with E-state index in [0.29, 0.717) is 0 Å². The molecular formula is C16H16FN5O3. The van der Waals surface area contributed by atoms with Crippen LogP contribution in [0.4, 0.5) is 15.8 Å². The molecule has 0 aliphatic carbocycles. The summed E-state index contributed by atoms with van der Waals surface area (Å²) in [7, 11) is 0. The summed E-state index contributed by atoms with van der Waals surface area (Å²) in [5.41, 5.74) is 0.343. The van der Waals surface area contributed by atoms with Gasteiger partial charge >= 0.3 is 5.69 Å². The number of aryl methyl sites for hydroxylation is 1. The first-order chi connectivity index (χ1) is 11.9. The van der Waals surface area contributed by atoms with Gasteiger partial charge in [-0.2, -0.15) is 10.4 Å². The molecular weight excluding hydrogens is 329 g/mol. The van der Waals surface area contributed by atoms with Crippen molar-refractivity contribution in [1.82, 2.24) is 9.78 Å². The summed E-state index contributed by atoms with van der Waals surface area (Å²) in [5, 5.41) is 23.8. The van der Waals surface area contributed by atoms with E-state index in [1.54, 1.807) is 6.07 Å². The maximum Gasteiger partial charge on any atom is 0.312 e. The van der Waals surface area contributed by atoms with Gasteiger partial charge in [-0.25, -0.2) is 4.39 Å². The molecule has 1 aromatic heterocycles. The lowest BCUT2D eigenvalue weighted by molar-refractivity contribution is -0.386. The minimum absolute atomic E-state index is 0.0116. The summed E-state index contributed by atoms with van der Waals surface area (Å²) in [4.78, 5) is 24.3. The minimum atomic E-state index is -0.590. The number of halogens is 1. The zero-order valence-corrected chi connectivity index (χ0v) is 13.8. The van der Waals surface area contributed by atoms with Crippen LogP contribution in [0.1, 0.15) is 17.8 Å². The van der Waals surface area contributed by atoms with Crippen molar-refractivity contribution in [2.24, 2.45) is 0 Å². The fourth-order valence-corrected chi connectivity index (χ4v) is 2.53. The highest BCUT2D eigenvalue weighted by molar-refractivity contribution is 5.93. The van der Waals surface area contributed by atoms with Crippen LogP contribution in [0.2, 0.25) is 0 Å². The van der Waals surface area contributed by atoms with Crippen LogP contribution in [0, 0.1) is 41.1 Å². The van der Waals surface area contributed by atoms with Gasteiger partial charge in [0.1, 0.15) is 23.7 Å². The molecule has 9 heteroatoms. The minimum Gasteiger partial charge on any atom is -0.307 e. The molecule has 0 fully saturated rings. The number of hydrogen-bond acceptors (Lipinski definition) is 5. The molecule has 0 atom stereocenters. The molecule has 0 saturated heterocycles. The number of rotatable bonds is 6. The smallest absolute Gasteiger partial charge is 0.307 e. The number of anilines is 1. The van der Waals surface area contributed by atoms with Gasteiger partial charge in [-0.1, -0.05) is 12.1 Å². The van der Waals surface area contributed by atoms with Crippen LogP contribution in [0.15, 0.2) is 24.3 Å². The van der Waals surface area contributed by atoms with Crippen molar-refractivity contribution in [3.05, 3.63) is 51.6 Å². The second kappa shape index (κ2) is 7.53. The molecule has 2 aromatic rings. The number of carbonyl (C=O) groups excluding carboxylic acids is 1. The fourth-order valence-electron chi connectivity index (χ4n) is 2.53. The summed E-state index contributed by atoms with van der Waals surface area (Å²) >= 11 is 0. The Balaban J connectivity index is 2.33. The Morgan fingerprint density at radius 3 is 2.68 bits per heavy atom. The van der Waals surface area contributed by atoms with Gasteiger partial charge in [-0.3, -0.25) is 19.6 Å². The number of nitro groups is 1. The molecule has 0 bridgehead atoms. The van der Waals surface area contributed by atoms with E-state index in [1.807, 2.05) is 6.07 Å². The number of hydrogen-bond donors (Lipinski definition) is 0. The van der Waals surface area contributed by atoms with E-state index in [0.717, 1.165) is 4.90 Å². The molecule has 0 unspecified atom stereocenters. The van der Waals surface area contributed by atoms with Crippen molar-refractivity contribution in [2.75, 3.05) is 11.4 Å². The van der Waals surface area contributed by atoms with E-state index < -0.39 is 16.6 Å². The molecule has 0 saturated carbocycles. The number of nitriles is 1. The Morgan fingerprint density at radius 1 is 1.44 bits per heavy atom. The average Bonchev–Trinajstić information content (AvgIpc) is 2.83. The number of nitrogens with zero attached hydrogens (tertiary/aromatic N) is 5. The number of para-hydroxylation sites is 1. The van der Waals surface area contributed by atoms with E-state index in [1.165, 1.54) is 36.7 Å². The molecule has 0 radical (unpaired) electrons. The normalized spacial score (nSPS) is 10.3. The van der Waals surface area contributed by atoms with Gasteiger partial charge in [0.2, 0.25) is 5.91 Å². The van der Waals surface area contributed by atoms with Gasteiger partial charge in [-0.05, 0) is 26.0 Å². The van der Waals surface area contributed by atoms with Gasteiger partial charge < -0.3 is 4.90 Å². The van der Waals surface area contributed by atoms with Gasteiger partial charge in [-0.15, -0.1) is 0 Å². The molecule has 0 N–H and O–H groups in total. The first-order valence-electron chi connectivity index (χ1n) is 7.47. The predicted octanol–water partition coefficient (Wildman–Crippen LogP) is 2.49. The molecule has 0 aliphatic heterocycles. The fraction of sp³-hybridized carbons (Fsp3) is 0.312. The third kappa shape index (κ3) is 3.80. The molecule has 1 amide bonds. The van der Waals surface area contributed by atoms with E-state index in [2.05, 4.69) is 5.10 Å². The van der Waals surface area contributed by atoms with E-state index in [4.69, 9.17) is 5.26 Å². The van der Waals surface area contributed by atoms with E-state index in [9.17, 15) is 19.3 Å². The number of carbonyl (C=O) groups is 1. The van der Waals surface area contributed by atoms with Crippen molar-refractivity contribution in [1.29, 1.82) is 5.26 Å². The van der Waals surface area contributed by atoms with Crippen molar-refractivity contribution >= 4 is 17.3 Å².